The second kappa shape index (κ2) is 9.02. The highest BCUT2D eigenvalue weighted by molar-refractivity contribution is 6.74. The summed E-state index contributed by atoms with van der Waals surface area (Å²) < 4.78 is 6.32. The highest BCUT2D eigenvalue weighted by Gasteiger charge is 2.37. The van der Waals surface area contributed by atoms with Crippen molar-refractivity contribution in [1.29, 1.82) is 0 Å². The zero-order valence-electron chi connectivity index (χ0n) is 16.3. The van der Waals surface area contributed by atoms with Gasteiger partial charge in [0.2, 0.25) is 0 Å². The lowest BCUT2D eigenvalue weighted by Crippen LogP contribution is -2.41. The molecule has 0 spiro atoms. The van der Waals surface area contributed by atoms with Gasteiger partial charge in [0.05, 0.1) is 0 Å². The number of carbonyl (C=O) groups excluding carboxylic acids is 1. The van der Waals surface area contributed by atoms with Crippen LogP contribution in [-0.4, -0.2) is 21.2 Å². The first-order chi connectivity index (χ1) is 9.89. The van der Waals surface area contributed by atoms with Gasteiger partial charge in [0.15, 0.2) is 8.32 Å². The zero-order chi connectivity index (χ0) is 17.6. The van der Waals surface area contributed by atoms with Crippen molar-refractivity contribution in [2.24, 2.45) is 17.8 Å². The fourth-order valence-electron chi connectivity index (χ4n) is 2.61. The van der Waals surface area contributed by atoms with Crippen LogP contribution in [0.3, 0.4) is 0 Å². The van der Waals surface area contributed by atoms with E-state index in [1.54, 1.807) is 0 Å². The summed E-state index contributed by atoms with van der Waals surface area (Å²) in [6, 6.07) is 0. The molecule has 0 N–H and O–H groups in total. The van der Waals surface area contributed by atoms with Crippen molar-refractivity contribution in [1.82, 2.24) is 0 Å². The van der Waals surface area contributed by atoms with E-state index in [4.69, 9.17) is 4.43 Å². The van der Waals surface area contributed by atoms with Crippen molar-refractivity contribution in [2.75, 3.05) is 6.61 Å². The van der Waals surface area contributed by atoms with Gasteiger partial charge >= 0.3 is 0 Å². The SMILES string of the molecule is C/C(C=O)=C\[C@@H](C)C[C@@H](C)C[C@@H](C)CO[Si](C)(C)C(C)(C)C. The van der Waals surface area contributed by atoms with Crippen molar-refractivity contribution in [3.8, 4) is 0 Å². The third-order valence-electron chi connectivity index (χ3n) is 4.85. The fourth-order valence-corrected chi connectivity index (χ4v) is 3.74. The smallest absolute Gasteiger partial charge is 0.191 e. The van der Waals surface area contributed by atoms with Gasteiger partial charge in [-0.1, -0.05) is 47.6 Å². The third-order valence-corrected chi connectivity index (χ3v) is 9.35. The molecule has 0 aromatic rings. The summed E-state index contributed by atoms with van der Waals surface area (Å²) in [6.07, 6.45) is 5.35. The van der Waals surface area contributed by atoms with Gasteiger partial charge in [0.1, 0.15) is 6.29 Å². The first-order valence-corrected chi connectivity index (χ1v) is 11.6. The molecule has 0 bridgehead atoms. The quantitative estimate of drug-likeness (QED) is 0.302. The Morgan fingerprint density at radius 3 is 2.09 bits per heavy atom. The van der Waals surface area contributed by atoms with Crippen LogP contribution >= 0.6 is 0 Å². The van der Waals surface area contributed by atoms with Crippen molar-refractivity contribution < 1.29 is 9.22 Å². The number of hydrogen-bond acceptors (Lipinski definition) is 2. The van der Waals surface area contributed by atoms with Crippen molar-refractivity contribution >= 4 is 14.6 Å². The zero-order valence-corrected chi connectivity index (χ0v) is 17.3. The Morgan fingerprint density at radius 1 is 1.09 bits per heavy atom. The average Bonchev–Trinajstić information content (AvgIpc) is 2.34. The van der Waals surface area contributed by atoms with Gasteiger partial charge < -0.3 is 4.43 Å². The van der Waals surface area contributed by atoms with Gasteiger partial charge in [-0.15, -0.1) is 0 Å². The molecule has 0 heterocycles. The van der Waals surface area contributed by atoms with Crippen molar-refractivity contribution in [2.45, 2.75) is 79.4 Å². The summed E-state index contributed by atoms with van der Waals surface area (Å²) >= 11 is 0. The van der Waals surface area contributed by atoms with Gasteiger partial charge in [-0.25, -0.2) is 0 Å². The molecular weight excluding hydrogens is 288 g/mol. The summed E-state index contributed by atoms with van der Waals surface area (Å²) in [6.45, 7) is 21.0. The maximum absolute atomic E-state index is 10.7. The molecule has 0 aromatic heterocycles. The Balaban J connectivity index is 4.27. The topological polar surface area (TPSA) is 26.3 Å². The molecule has 0 rings (SSSR count). The third kappa shape index (κ3) is 8.28. The van der Waals surface area contributed by atoms with Crippen LogP contribution in [0.1, 0.15) is 61.3 Å². The number of carbonyl (C=O) groups is 1. The minimum Gasteiger partial charge on any atom is -0.417 e. The van der Waals surface area contributed by atoms with E-state index in [9.17, 15) is 4.79 Å². The monoisotopic (exact) mass is 326 g/mol. The molecule has 0 unspecified atom stereocenters. The summed E-state index contributed by atoms with van der Waals surface area (Å²) in [4.78, 5) is 10.7. The van der Waals surface area contributed by atoms with E-state index >= 15 is 0 Å². The molecule has 0 aliphatic carbocycles. The molecule has 0 aliphatic rings. The Morgan fingerprint density at radius 2 is 1.64 bits per heavy atom. The van der Waals surface area contributed by atoms with E-state index in [2.05, 4.69) is 60.7 Å². The maximum atomic E-state index is 10.7. The van der Waals surface area contributed by atoms with Crippen LogP contribution in [0.5, 0.6) is 0 Å². The van der Waals surface area contributed by atoms with Crippen LogP contribution in [0.4, 0.5) is 0 Å². The molecule has 22 heavy (non-hydrogen) atoms. The van der Waals surface area contributed by atoms with Gasteiger partial charge in [0, 0.05) is 6.61 Å². The first-order valence-electron chi connectivity index (χ1n) is 8.66. The predicted octanol–water partition coefficient (Wildman–Crippen LogP) is 5.84. The predicted molar refractivity (Wildman–Crippen MR) is 99.7 cm³/mol. The number of aldehydes is 1. The molecule has 130 valence electrons. The Kier molecular flexibility index (Phi) is 8.85. The molecule has 0 fully saturated rings. The Hall–Kier alpha value is -0.413. The summed E-state index contributed by atoms with van der Waals surface area (Å²) in [5, 5.41) is 0.282. The van der Waals surface area contributed by atoms with Crippen LogP contribution in [0.15, 0.2) is 11.6 Å². The van der Waals surface area contributed by atoms with Gasteiger partial charge in [0.25, 0.3) is 0 Å². The minimum atomic E-state index is -1.63. The summed E-state index contributed by atoms with van der Waals surface area (Å²) in [7, 11) is -1.63. The van der Waals surface area contributed by atoms with E-state index in [-0.39, 0.29) is 5.04 Å². The molecule has 0 radical (unpaired) electrons. The van der Waals surface area contributed by atoms with E-state index in [0.29, 0.717) is 17.8 Å². The standard InChI is InChI=1S/C19H38O2Si/c1-15(11-17(3)13-20)10-16(2)12-18(4)14-21-22(8,9)19(5,6)7/h11,13,15-16,18H,10,12,14H2,1-9H3/b17-11+/t15-,16+,18+/m0/s1. The lowest BCUT2D eigenvalue weighted by molar-refractivity contribution is -0.104. The van der Waals surface area contributed by atoms with E-state index < -0.39 is 8.32 Å². The van der Waals surface area contributed by atoms with Gasteiger partial charge in [-0.3, -0.25) is 4.79 Å². The van der Waals surface area contributed by atoms with Crippen molar-refractivity contribution in [3.05, 3.63) is 11.6 Å². The average molecular weight is 327 g/mol. The number of hydrogen-bond donors (Lipinski definition) is 0. The van der Waals surface area contributed by atoms with E-state index in [1.165, 1.54) is 6.42 Å². The summed E-state index contributed by atoms with van der Waals surface area (Å²) in [5.41, 5.74) is 0.842. The van der Waals surface area contributed by atoms with Crippen LogP contribution in [0, 0.1) is 17.8 Å². The van der Waals surface area contributed by atoms with E-state index in [0.717, 1.165) is 24.9 Å². The number of rotatable bonds is 9. The first kappa shape index (κ1) is 21.6. The highest BCUT2D eigenvalue weighted by Crippen LogP contribution is 2.37. The molecule has 3 heteroatoms. The molecule has 0 aliphatic heterocycles. The van der Waals surface area contributed by atoms with Crippen LogP contribution in [0.25, 0.3) is 0 Å². The van der Waals surface area contributed by atoms with Crippen molar-refractivity contribution in [3.63, 3.8) is 0 Å². The second-order valence-electron chi connectivity index (χ2n) is 8.76. The van der Waals surface area contributed by atoms with Crippen LogP contribution in [-0.2, 0) is 9.22 Å². The van der Waals surface area contributed by atoms with Gasteiger partial charge in [-0.05, 0) is 61.2 Å². The Bertz CT molecular complexity index is 366. The molecule has 2 nitrogen and oxygen atoms in total. The number of allylic oxidation sites excluding steroid dienone is 2. The summed E-state index contributed by atoms with van der Waals surface area (Å²) in [5.74, 6) is 1.71. The molecule has 0 aromatic carbocycles. The molecule has 3 atom stereocenters. The lowest BCUT2D eigenvalue weighted by Gasteiger charge is -2.37. The van der Waals surface area contributed by atoms with Crippen LogP contribution < -0.4 is 0 Å². The lowest BCUT2D eigenvalue weighted by atomic mass is 9.89. The molecule has 0 saturated carbocycles. The Labute approximate surface area is 139 Å². The van der Waals surface area contributed by atoms with Gasteiger partial charge in [-0.2, -0.15) is 0 Å². The minimum absolute atomic E-state index is 0.282. The second-order valence-corrected chi connectivity index (χ2v) is 13.6. The largest absolute Gasteiger partial charge is 0.417 e. The normalized spacial score (nSPS) is 18.0. The highest BCUT2D eigenvalue weighted by atomic mass is 28.4. The molecule has 0 amide bonds. The molecule has 0 saturated heterocycles. The van der Waals surface area contributed by atoms with E-state index in [1.807, 2.05) is 6.92 Å². The fraction of sp³-hybridized carbons (Fsp3) is 0.842. The maximum Gasteiger partial charge on any atom is 0.191 e. The van der Waals surface area contributed by atoms with Crippen LogP contribution in [0.2, 0.25) is 18.1 Å². The molecular formula is C19H38O2Si.